The minimum atomic E-state index is 1.04. The zero-order chi connectivity index (χ0) is 6.10. The van der Waals surface area contributed by atoms with Gasteiger partial charge >= 0.3 is 0 Å². The fourth-order valence-corrected chi connectivity index (χ4v) is 0.834. The summed E-state index contributed by atoms with van der Waals surface area (Å²) in [6.07, 6.45) is 5.32. The Labute approximate surface area is 52.5 Å². The first-order valence-corrected chi connectivity index (χ1v) is 2.75. The second-order valence-electron chi connectivity index (χ2n) is 1.86. The molecule has 0 amide bonds. The van der Waals surface area contributed by atoms with E-state index in [0.29, 0.717) is 0 Å². The van der Waals surface area contributed by atoms with Gasteiger partial charge in [0.1, 0.15) is 0 Å². The molecule has 0 spiro atoms. The summed E-state index contributed by atoms with van der Waals surface area (Å²) in [5, 5.41) is 1.09. The number of hydrogen-bond acceptors (Lipinski definition) is 1. The molecule has 0 fully saturated rings. The highest BCUT2D eigenvalue weighted by Gasteiger charge is 1.88. The van der Waals surface area contributed by atoms with Crippen molar-refractivity contribution in [1.82, 2.24) is 9.97 Å². The Morgan fingerprint density at radius 2 is 2.56 bits per heavy atom. The molecule has 2 nitrogen and oxygen atoms in total. The van der Waals surface area contributed by atoms with E-state index in [4.69, 9.17) is 0 Å². The Balaban J connectivity index is 2.95. The number of aromatic amines is 1. The molecule has 1 N–H and O–H groups in total. The summed E-state index contributed by atoms with van der Waals surface area (Å²) < 4.78 is 0. The SMILES string of the molecule is [c]1cncc2[nH]ccc12. The maximum absolute atomic E-state index is 3.90. The largest absolute Gasteiger partial charge is 0.360 e. The van der Waals surface area contributed by atoms with Crippen LogP contribution in [0, 0.1) is 6.07 Å². The summed E-state index contributed by atoms with van der Waals surface area (Å²) in [5.74, 6) is 0. The number of aromatic nitrogens is 2. The molecule has 0 atom stereocenters. The van der Waals surface area contributed by atoms with Crippen LogP contribution in [0.1, 0.15) is 0 Å². The van der Waals surface area contributed by atoms with Crippen LogP contribution in [-0.4, -0.2) is 9.97 Å². The first kappa shape index (κ1) is 4.56. The minimum absolute atomic E-state index is 1.04. The third kappa shape index (κ3) is 0.598. The van der Waals surface area contributed by atoms with Crippen molar-refractivity contribution in [1.29, 1.82) is 0 Å². The average molecular weight is 117 g/mol. The number of rotatable bonds is 0. The molecule has 43 valence electrons. The van der Waals surface area contributed by atoms with Gasteiger partial charge in [0.25, 0.3) is 0 Å². The summed E-state index contributed by atoms with van der Waals surface area (Å²) in [7, 11) is 0. The fraction of sp³-hybridized carbons (Fsp3) is 0. The van der Waals surface area contributed by atoms with E-state index in [2.05, 4.69) is 16.0 Å². The highest BCUT2D eigenvalue weighted by atomic mass is 14.7. The van der Waals surface area contributed by atoms with E-state index < -0.39 is 0 Å². The van der Waals surface area contributed by atoms with E-state index in [0.717, 1.165) is 10.9 Å². The summed E-state index contributed by atoms with van der Waals surface area (Å²) >= 11 is 0. The van der Waals surface area contributed by atoms with Gasteiger partial charge in [-0.1, -0.05) is 0 Å². The van der Waals surface area contributed by atoms with Crippen molar-refractivity contribution in [3.63, 3.8) is 0 Å². The van der Waals surface area contributed by atoms with E-state index in [1.807, 2.05) is 12.3 Å². The smallest absolute Gasteiger partial charge is 0.0646 e. The van der Waals surface area contributed by atoms with Crippen LogP contribution in [0.25, 0.3) is 10.9 Å². The fourth-order valence-electron chi connectivity index (χ4n) is 0.834. The maximum Gasteiger partial charge on any atom is 0.0646 e. The number of nitrogens with one attached hydrogen (secondary N) is 1. The number of nitrogens with zero attached hydrogens (tertiary/aromatic N) is 1. The van der Waals surface area contributed by atoms with Crippen LogP contribution in [0.15, 0.2) is 24.7 Å². The Kier molecular flexibility index (Phi) is 0.803. The van der Waals surface area contributed by atoms with Crippen molar-refractivity contribution in [3.8, 4) is 0 Å². The molecule has 0 aliphatic heterocycles. The maximum atomic E-state index is 3.90. The summed E-state index contributed by atoms with van der Waals surface area (Å²) in [6.45, 7) is 0. The Hall–Kier alpha value is -1.31. The lowest BCUT2D eigenvalue weighted by molar-refractivity contribution is 1.33. The first-order chi connectivity index (χ1) is 4.47. The van der Waals surface area contributed by atoms with Crippen molar-refractivity contribution in [2.75, 3.05) is 0 Å². The van der Waals surface area contributed by atoms with Gasteiger partial charge in [-0.3, -0.25) is 4.98 Å². The minimum Gasteiger partial charge on any atom is -0.360 e. The lowest BCUT2D eigenvalue weighted by atomic mass is 10.3. The monoisotopic (exact) mass is 117 g/mol. The van der Waals surface area contributed by atoms with Crippen molar-refractivity contribution < 1.29 is 0 Å². The predicted molar refractivity (Wildman–Crippen MR) is 34.9 cm³/mol. The molecule has 2 heteroatoms. The number of pyridine rings is 1. The number of fused-ring (bicyclic) bond motifs is 1. The van der Waals surface area contributed by atoms with Gasteiger partial charge in [0, 0.05) is 23.8 Å². The van der Waals surface area contributed by atoms with Crippen LogP contribution < -0.4 is 0 Å². The normalized spacial score (nSPS) is 10.2. The molecule has 0 aromatic carbocycles. The molecule has 0 aliphatic carbocycles. The topological polar surface area (TPSA) is 28.7 Å². The lowest BCUT2D eigenvalue weighted by Gasteiger charge is -1.81. The molecule has 0 saturated heterocycles. The molecule has 2 aromatic heterocycles. The van der Waals surface area contributed by atoms with Crippen LogP contribution in [0.2, 0.25) is 0 Å². The molecule has 0 unspecified atom stereocenters. The van der Waals surface area contributed by atoms with Crippen LogP contribution in [0.4, 0.5) is 0 Å². The van der Waals surface area contributed by atoms with Crippen molar-refractivity contribution in [2.24, 2.45) is 0 Å². The van der Waals surface area contributed by atoms with Crippen molar-refractivity contribution in [2.45, 2.75) is 0 Å². The molecular weight excluding hydrogens is 112 g/mol. The van der Waals surface area contributed by atoms with Gasteiger partial charge < -0.3 is 4.98 Å². The third-order valence-electron chi connectivity index (χ3n) is 1.28. The van der Waals surface area contributed by atoms with Gasteiger partial charge in [0.2, 0.25) is 0 Å². The van der Waals surface area contributed by atoms with Crippen LogP contribution in [0.3, 0.4) is 0 Å². The van der Waals surface area contributed by atoms with Crippen LogP contribution in [-0.2, 0) is 0 Å². The quantitative estimate of drug-likeness (QED) is 0.554. The summed E-state index contributed by atoms with van der Waals surface area (Å²) in [4.78, 5) is 6.92. The Morgan fingerprint density at radius 3 is 3.44 bits per heavy atom. The van der Waals surface area contributed by atoms with Gasteiger partial charge in [-0.25, -0.2) is 0 Å². The van der Waals surface area contributed by atoms with E-state index in [9.17, 15) is 0 Å². The van der Waals surface area contributed by atoms with Gasteiger partial charge in [-0.2, -0.15) is 0 Å². The van der Waals surface area contributed by atoms with Gasteiger partial charge in [-0.15, -0.1) is 0 Å². The molecule has 0 bridgehead atoms. The lowest BCUT2D eigenvalue weighted by Crippen LogP contribution is -1.68. The Bertz CT molecular complexity index is 281. The Morgan fingerprint density at radius 1 is 1.56 bits per heavy atom. The zero-order valence-corrected chi connectivity index (χ0v) is 4.76. The summed E-state index contributed by atoms with van der Waals surface area (Å²) in [6, 6.07) is 4.96. The van der Waals surface area contributed by atoms with Crippen LogP contribution >= 0.6 is 0 Å². The van der Waals surface area contributed by atoms with Gasteiger partial charge in [0.15, 0.2) is 0 Å². The second-order valence-corrected chi connectivity index (χ2v) is 1.86. The molecule has 2 rings (SSSR count). The molecular formula is C7H5N2. The standard InChI is InChI=1S/C7H5N2/c1-3-8-5-7-6(1)2-4-9-7/h2-5,9H. The van der Waals surface area contributed by atoms with E-state index in [1.165, 1.54) is 0 Å². The highest BCUT2D eigenvalue weighted by molar-refractivity contribution is 5.76. The molecule has 2 heterocycles. The van der Waals surface area contributed by atoms with Crippen LogP contribution in [0.5, 0.6) is 0 Å². The van der Waals surface area contributed by atoms with Gasteiger partial charge in [0.05, 0.1) is 11.7 Å². The molecule has 2 aromatic rings. The number of hydrogen-bond donors (Lipinski definition) is 1. The number of H-pyrrole nitrogens is 1. The first-order valence-electron chi connectivity index (χ1n) is 2.75. The highest BCUT2D eigenvalue weighted by Crippen LogP contribution is 2.06. The van der Waals surface area contributed by atoms with Crippen molar-refractivity contribution in [3.05, 3.63) is 30.7 Å². The van der Waals surface area contributed by atoms with E-state index in [1.54, 1.807) is 12.4 Å². The molecule has 1 radical (unpaired) electrons. The predicted octanol–water partition coefficient (Wildman–Crippen LogP) is 1.36. The second kappa shape index (κ2) is 1.58. The third-order valence-corrected chi connectivity index (χ3v) is 1.28. The van der Waals surface area contributed by atoms with E-state index >= 15 is 0 Å². The van der Waals surface area contributed by atoms with Gasteiger partial charge in [-0.05, 0) is 6.07 Å². The summed E-state index contributed by atoms with van der Waals surface area (Å²) in [5.41, 5.74) is 1.04. The average Bonchev–Trinajstić information content (AvgIpc) is 2.33. The zero-order valence-electron chi connectivity index (χ0n) is 4.76. The molecule has 0 aliphatic rings. The van der Waals surface area contributed by atoms with E-state index in [-0.39, 0.29) is 0 Å². The van der Waals surface area contributed by atoms with Crippen molar-refractivity contribution >= 4 is 10.9 Å². The molecule has 0 saturated carbocycles. The molecule has 9 heavy (non-hydrogen) atoms.